The van der Waals surface area contributed by atoms with Crippen LogP contribution in [0.25, 0.3) is 0 Å². The predicted octanol–water partition coefficient (Wildman–Crippen LogP) is 4.93. The average Bonchev–Trinajstić information content (AvgIpc) is 2.41. The SMILES string of the molecule is Cc1cccc(C2CC(NCc3cc(F)ccc3Br)C2)c1. The number of aryl methyl sites for hydroxylation is 1. The van der Waals surface area contributed by atoms with Crippen LogP contribution < -0.4 is 5.32 Å². The van der Waals surface area contributed by atoms with Crippen molar-refractivity contribution in [3.63, 3.8) is 0 Å². The van der Waals surface area contributed by atoms with Crippen LogP contribution in [0.5, 0.6) is 0 Å². The van der Waals surface area contributed by atoms with E-state index in [2.05, 4.69) is 52.4 Å². The molecule has 1 aliphatic rings. The molecule has 0 spiro atoms. The molecule has 0 amide bonds. The number of rotatable bonds is 4. The zero-order valence-electron chi connectivity index (χ0n) is 12.1. The van der Waals surface area contributed by atoms with Crippen LogP contribution in [0.1, 0.15) is 35.4 Å². The first-order chi connectivity index (χ1) is 10.1. The molecule has 1 nitrogen and oxygen atoms in total. The van der Waals surface area contributed by atoms with Crippen molar-refractivity contribution in [1.82, 2.24) is 5.32 Å². The van der Waals surface area contributed by atoms with Gasteiger partial charge < -0.3 is 5.32 Å². The second-order valence-corrected chi connectivity index (χ2v) is 6.75. The highest BCUT2D eigenvalue weighted by Gasteiger charge is 2.29. The number of halogens is 2. The third kappa shape index (κ3) is 3.53. The highest BCUT2D eigenvalue weighted by molar-refractivity contribution is 9.10. The van der Waals surface area contributed by atoms with Gasteiger partial charge in [0, 0.05) is 17.1 Å². The van der Waals surface area contributed by atoms with Crippen LogP contribution in [-0.2, 0) is 6.54 Å². The molecule has 0 bridgehead atoms. The van der Waals surface area contributed by atoms with Crippen LogP contribution in [0.2, 0.25) is 0 Å². The lowest BCUT2D eigenvalue weighted by molar-refractivity contribution is 0.289. The summed E-state index contributed by atoms with van der Waals surface area (Å²) in [6.45, 7) is 2.85. The van der Waals surface area contributed by atoms with E-state index in [4.69, 9.17) is 0 Å². The average molecular weight is 348 g/mol. The first-order valence-electron chi connectivity index (χ1n) is 7.35. The van der Waals surface area contributed by atoms with E-state index >= 15 is 0 Å². The third-order valence-electron chi connectivity index (χ3n) is 4.24. The summed E-state index contributed by atoms with van der Waals surface area (Å²) >= 11 is 3.47. The van der Waals surface area contributed by atoms with Crippen LogP contribution in [-0.4, -0.2) is 6.04 Å². The standard InChI is InChI=1S/C18H19BrFN/c1-12-3-2-4-13(7-12)14-9-17(10-14)21-11-15-8-16(20)5-6-18(15)19/h2-8,14,17,21H,9-11H2,1H3. The van der Waals surface area contributed by atoms with E-state index in [1.807, 2.05) is 0 Å². The van der Waals surface area contributed by atoms with E-state index in [1.54, 1.807) is 12.1 Å². The summed E-state index contributed by atoms with van der Waals surface area (Å²) < 4.78 is 14.2. The highest BCUT2D eigenvalue weighted by Crippen LogP contribution is 2.37. The van der Waals surface area contributed by atoms with E-state index in [-0.39, 0.29) is 5.82 Å². The van der Waals surface area contributed by atoms with Gasteiger partial charge in [0.05, 0.1) is 0 Å². The van der Waals surface area contributed by atoms with Crippen LogP contribution >= 0.6 is 15.9 Å². The van der Waals surface area contributed by atoms with Gasteiger partial charge in [0.2, 0.25) is 0 Å². The maximum Gasteiger partial charge on any atom is 0.123 e. The minimum absolute atomic E-state index is 0.179. The first-order valence-corrected chi connectivity index (χ1v) is 8.15. The van der Waals surface area contributed by atoms with Gasteiger partial charge in [0.15, 0.2) is 0 Å². The van der Waals surface area contributed by atoms with Crippen molar-refractivity contribution in [2.45, 2.75) is 38.3 Å². The van der Waals surface area contributed by atoms with Gasteiger partial charge in [0.25, 0.3) is 0 Å². The number of hydrogen-bond donors (Lipinski definition) is 1. The van der Waals surface area contributed by atoms with Crippen molar-refractivity contribution in [3.8, 4) is 0 Å². The molecule has 1 fully saturated rings. The number of hydrogen-bond acceptors (Lipinski definition) is 1. The summed E-state index contributed by atoms with van der Waals surface area (Å²) in [7, 11) is 0. The molecule has 0 aromatic heterocycles. The fourth-order valence-electron chi connectivity index (χ4n) is 2.91. The van der Waals surface area contributed by atoms with E-state index in [0.717, 1.165) is 22.9 Å². The van der Waals surface area contributed by atoms with Crippen LogP contribution in [0, 0.1) is 12.7 Å². The number of nitrogens with one attached hydrogen (secondary N) is 1. The lowest BCUT2D eigenvalue weighted by atomic mass is 9.75. The molecule has 0 saturated heterocycles. The molecule has 0 radical (unpaired) electrons. The summed E-state index contributed by atoms with van der Waals surface area (Å²) in [5, 5.41) is 3.52. The molecule has 2 aromatic carbocycles. The maximum atomic E-state index is 13.2. The Morgan fingerprint density at radius 2 is 2.00 bits per heavy atom. The molecule has 1 aliphatic carbocycles. The maximum absolute atomic E-state index is 13.2. The molecule has 3 heteroatoms. The Bertz CT molecular complexity index is 635. The Kier molecular flexibility index (Phi) is 4.41. The Labute approximate surface area is 133 Å². The first kappa shape index (κ1) is 14.7. The third-order valence-corrected chi connectivity index (χ3v) is 5.01. The van der Waals surface area contributed by atoms with Crippen molar-refractivity contribution >= 4 is 15.9 Å². The molecule has 110 valence electrons. The zero-order valence-corrected chi connectivity index (χ0v) is 13.7. The van der Waals surface area contributed by atoms with Gasteiger partial charge in [-0.05, 0) is 55.0 Å². The Morgan fingerprint density at radius 1 is 1.19 bits per heavy atom. The minimum atomic E-state index is -0.179. The summed E-state index contributed by atoms with van der Waals surface area (Å²) in [6.07, 6.45) is 2.33. The number of benzene rings is 2. The van der Waals surface area contributed by atoms with Crippen LogP contribution in [0.4, 0.5) is 4.39 Å². The lowest BCUT2D eigenvalue weighted by Crippen LogP contribution is -2.39. The Hall–Kier alpha value is -1.19. The molecule has 0 heterocycles. The minimum Gasteiger partial charge on any atom is -0.310 e. The summed E-state index contributed by atoms with van der Waals surface area (Å²) in [5.41, 5.74) is 3.75. The molecule has 2 aromatic rings. The van der Waals surface area contributed by atoms with Crippen LogP contribution in [0.3, 0.4) is 0 Å². The van der Waals surface area contributed by atoms with Crippen molar-refractivity contribution in [1.29, 1.82) is 0 Å². The fraction of sp³-hybridized carbons (Fsp3) is 0.333. The zero-order chi connectivity index (χ0) is 14.8. The van der Waals surface area contributed by atoms with E-state index in [1.165, 1.54) is 17.2 Å². The lowest BCUT2D eigenvalue weighted by Gasteiger charge is -2.36. The van der Waals surface area contributed by atoms with E-state index in [0.29, 0.717) is 18.5 Å². The molecule has 3 rings (SSSR count). The molecular formula is C18H19BrFN. The van der Waals surface area contributed by atoms with Gasteiger partial charge >= 0.3 is 0 Å². The predicted molar refractivity (Wildman–Crippen MR) is 87.9 cm³/mol. The van der Waals surface area contributed by atoms with Crippen molar-refractivity contribution < 1.29 is 4.39 Å². The molecule has 1 N–H and O–H groups in total. The summed E-state index contributed by atoms with van der Waals surface area (Å²) in [5.74, 6) is 0.486. The molecule has 21 heavy (non-hydrogen) atoms. The topological polar surface area (TPSA) is 12.0 Å². The highest BCUT2D eigenvalue weighted by atomic mass is 79.9. The van der Waals surface area contributed by atoms with Gasteiger partial charge in [-0.15, -0.1) is 0 Å². The molecule has 0 atom stereocenters. The van der Waals surface area contributed by atoms with Crippen molar-refractivity contribution in [2.24, 2.45) is 0 Å². The van der Waals surface area contributed by atoms with Gasteiger partial charge in [-0.3, -0.25) is 0 Å². The van der Waals surface area contributed by atoms with Gasteiger partial charge in [0.1, 0.15) is 5.82 Å². The molecular weight excluding hydrogens is 329 g/mol. The van der Waals surface area contributed by atoms with Gasteiger partial charge in [-0.1, -0.05) is 45.8 Å². The second kappa shape index (κ2) is 6.29. The van der Waals surface area contributed by atoms with Crippen LogP contribution in [0.15, 0.2) is 46.9 Å². The van der Waals surface area contributed by atoms with E-state index in [9.17, 15) is 4.39 Å². The monoisotopic (exact) mass is 347 g/mol. The largest absolute Gasteiger partial charge is 0.310 e. The van der Waals surface area contributed by atoms with Gasteiger partial charge in [-0.25, -0.2) is 4.39 Å². The fourth-order valence-corrected chi connectivity index (χ4v) is 3.30. The molecule has 0 unspecified atom stereocenters. The summed E-state index contributed by atoms with van der Waals surface area (Å²) in [4.78, 5) is 0. The van der Waals surface area contributed by atoms with Crippen molar-refractivity contribution in [3.05, 3.63) is 69.4 Å². The Balaban J connectivity index is 1.52. The normalized spacial score (nSPS) is 21.1. The Morgan fingerprint density at radius 3 is 2.76 bits per heavy atom. The molecule has 1 saturated carbocycles. The van der Waals surface area contributed by atoms with Crippen molar-refractivity contribution in [2.75, 3.05) is 0 Å². The molecule has 0 aliphatic heterocycles. The quantitative estimate of drug-likeness (QED) is 0.826. The van der Waals surface area contributed by atoms with Gasteiger partial charge in [-0.2, -0.15) is 0 Å². The van der Waals surface area contributed by atoms with E-state index < -0.39 is 0 Å². The second-order valence-electron chi connectivity index (χ2n) is 5.90. The smallest absolute Gasteiger partial charge is 0.123 e. The summed E-state index contributed by atoms with van der Waals surface area (Å²) in [6, 6.07) is 14.1.